The minimum absolute atomic E-state index is 0.0376. The lowest BCUT2D eigenvalue weighted by atomic mass is 10.1. The van der Waals surface area contributed by atoms with Gasteiger partial charge in [0, 0.05) is 16.7 Å². The molecule has 0 unspecified atom stereocenters. The van der Waals surface area contributed by atoms with E-state index in [9.17, 15) is 9.90 Å². The molecule has 0 aliphatic carbocycles. The van der Waals surface area contributed by atoms with E-state index in [1.165, 1.54) is 6.07 Å². The number of nitrogens with two attached hydrogens (primary N) is 1. The van der Waals surface area contributed by atoms with E-state index >= 15 is 0 Å². The van der Waals surface area contributed by atoms with Crippen LogP contribution in [0.5, 0.6) is 5.75 Å². The fraction of sp³-hybridized carbons (Fsp3) is 0.133. The molecular weight excluding hydrogens is 320 g/mol. The molecule has 0 saturated carbocycles. The van der Waals surface area contributed by atoms with Crippen LogP contribution < -0.4 is 11.1 Å². The summed E-state index contributed by atoms with van der Waals surface area (Å²) in [6, 6.07) is 12.3. The quantitative estimate of drug-likeness (QED) is 0.752. The molecule has 104 valence electrons. The van der Waals surface area contributed by atoms with Crippen molar-refractivity contribution in [3.05, 3.63) is 58.1 Å². The fourth-order valence-corrected chi connectivity index (χ4v) is 2.15. The van der Waals surface area contributed by atoms with E-state index in [1.54, 1.807) is 12.1 Å². The van der Waals surface area contributed by atoms with Crippen molar-refractivity contribution in [1.29, 1.82) is 0 Å². The molecule has 0 bridgehead atoms. The van der Waals surface area contributed by atoms with E-state index < -0.39 is 0 Å². The van der Waals surface area contributed by atoms with Gasteiger partial charge in [-0.05, 0) is 42.3 Å². The molecule has 2 rings (SSSR count). The Hall–Kier alpha value is -2.01. The van der Waals surface area contributed by atoms with Crippen LogP contribution in [0.1, 0.15) is 15.9 Å². The first-order valence-electron chi connectivity index (χ1n) is 6.17. The summed E-state index contributed by atoms with van der Waals surface area (Å²) >= 11 is 3.23. The van der Waals surface area contributed by atoms with Crippen molar-refractivity contribution in [3.8, 4) is 5.75 Å². The summed E-state index contributed by atoms with van der Waals surface area (Å²) in [7, 11) is 0. The first-order valence-corrected chi connectivity index (χ1v) is 6.96. The number of phenols is 1. The molecule has 1 amide bonds. The highest BCUT2D eigenvalue weighted by atomic mass is 79.9. The molecule has 0 aliphatic heterocycles. The average molecular weight is 335 g/mol. The maximum atomic E-state index is 11.9. The Labute approximate surface area is 125 Å². The van der Waals surface area contributed by atoms with Crippen molar-refractivity contribution < 1.29 is 9.90 Å². The maximum Gasteiger partial charge on any atom is 0.255 e. The number of carbonyl (C=O) groups excluding carboxylic acids is 1. The summed E-state index contributed by atoms with van der Waals surface area (Å²) in [5, 5.41) is 12.5. The third-order valence-electron chi connectivity index (χ3n) is 2.88. The van der Waals surface area contributed by atoms with E-state index in [0.29, 0.717) is 13.0 Å². The zero-order chi connectivity index (χ0) is 14.5. The molecule has 0 saturated heterocycles. The minimum Gasteiger partial charge on any atom is -0.507 e. The summed E-state index contributed by atoms with van der Waals surface area (Å²) in [4.78, 5) is 11.9. The number of nitrogen functional groups attached to an aromatic ring is 1. The highest BCUT2D eigenvalue weighted by molar-refractivity contribution is 9.10. The van der Waals surface area contributed by atoms with Gasteiger partial charge in [0.25, 0.3) is 5.91 Å². The lowest BCUT2D eigenvalue weighted by Gasteiger charge is -2.07. The normalized spacial score (nSPS) is 10.2. The molecule has 4 nitrogen and oxygen atoms in total. The molecular formula is C15H15BrN2O2. The second kappa shape index (κ2) is 6.43. The van der Waals surface area contributed by atoms with Crippen molar-refractivity contribution in [3.63, 3.8) is 0 Å². The Bertz CT molecular complexity index is 612. The van der Waals surface area contributed by atoms with Crippen LogP contribution in [-0.4, -0.2) is 17.6 Å². The van der Waals surface area contributed by atoms with Crippen LogP contribution in [0, 0.1) is 0 Å². The smallest absolute Gasteiger partial charge is 0.255 e. The number of nitrogens with one attached hydrogen (secondary N) is 1. The van der Waals surface area contributed by atoms with Crippen LogP contribution in [0.15, 0.2) is 46.9 Å². The molecule has 0 aliphatic rings. The number of halogens is 1. The summed E-state index contributed by atoms with van der Waals surface area (Å²) in [5.41, 5.74) is 7.69. The van der Waals surface area contributed by atoms with Crippen molar-refractivity contribution in [1.82, 2.24) is 5.32 Å². The number of hydrogen-bond donors (Lipinski definition) is 3. The van der Waals surface area contributed by atoms with Crippen LogP contribution in [0.4, 0.5) is 5.69 Å². The number of benzene rings is 2. The van der Waals surface area contributed by atoms with E-state index in [4.69, 9.17) is 5.73 Å². The Kier molecular flexibility index (Phi) is 4.63. The highest BCUT2D eigenvalue weighted by Gasteiger charge is 2.10. The first kappa shape index (κ1) is 14.4. The molecule has 5 heteroatoms. The maximum absolute atomic E-state index is 11.9. The number of hydrogen-bond acceptors (Lipinski definition) is 3. The third kappa shape index (κ3) is 3.74. The average Bonchev–Trinajstić information content (AvgIpc) is 2.41. The monoisotopic (exact) mass is 334 g/mol. The standard InChI is InChI=1S/C15H15BrN2O2/c16-11-3-6-13(14(19)9-11)15(20)18-8-7-10-1-4-12(17)5-2-10/h1-6,9,19H,7-8,17H2,(H,18,20). The van der Waals surface area contributed by atoms with Gasteiger partial charge in [0.15, 0.2) is 0 Å². The number of carbonyl (C=O) groups is 1. The van der Waals surface area contributed by atoms with E-state index in [0.717, 1.165) is 15.7 Å². The van der Waals surface area contributed by atoms with Gasteiger partial charge in [0.2, 0.25) is 0 Å². The van der Waals surface area contributed by atoms with Crippen LogP contribution in [-0.2, 0) is 6.42 Å². The number of amides is 1. The van der Waals surface area contributed by atoms with Crippen LogP contribution in [0.2, 0.25) is 0 Å². The molecule has 0 fully saturated rings. The molecule has 0 aromatic heterocycles. The van der Waals surface area contributed by atoms with Crippen molar-refractivity contribution in [2.24, 2.45) is 0 Å². The van der Waals surface area contributed by atoms with Gasteiger partial charge in [-0.15, -0.1) is 0 Å². The third-order valence-corrected chi connectivity index (χ3v) is 3.38. The fourth-order valence-electron chi connectivity index (χ4n) is 1.80. The number of rotatable bonds is 4. The van der Waals surface area contributed by atoms with Crippen LogP contribution >= 0.6 is 15.9 Å². The van der Waals surface area contributed by atoms with Gasteiger partial charge in [-0.1, -0.05) is 28.1 Å². The van der Waals surface area contributed by atoms with Gasteiger partial charge in [-0.3, -0.25) is 4.79 Å². The summed E-state index contributed by atoms with van der Waals surface area (Å²) in [6.07, 6.45) is 0.712. The topological polar surface area (TPSA) is 75.3 Å². The second-order valence-corrected chi connectivity index (χ2v) is 5.32. The van der Waals surface area contributed by atoms with Crippen molar-refractivity contribution in [2.45, 2.75) is 6.42 Å². The molecule has 0 atom stereocenters. The summed E-state index contributed by atoms with van der Waals surface area (Å²) in [6.45, 7) is 0.498. The summed E-state index contributed by atoms with van der Waals surface area (Å²) in [5.74, 6) is -0.324. The van der Waals surface area contributed by atoms with Crippen molar-refractivity contribution >= 4 is 27.5 Å². The molecule has 20 heavy (non-hydrogen) atoms. The largest absolute Gasteiger partial charge is 0.507 e. The number of phenolic OH excluding ortho intramolecular Hbond substituents is 1. The van der Waals surface area contributed by atoms with E-state index in [1.807, 2.05) is 24.3 Å². The van der Waals surface area contributed by atoms with Gasteiger partial charge >= 0.3 is 0 Å². The zero-order valence-corrected chi connectivity index (χ0v) is 12.4. The molecule has 2 aromatic carbocycles. The van der Waals surface area contributed by atoms with Crippen molar-refractivity contribution in [2.75, 3.05) is 12.3 Å². The Morgan fingerprint density at radius 1 is 1.20 bits per heavy atom. The molecule has 0 spiro atoms. The molecule has 2 aromatic rings. The number of aromatic hydroxyl groups is 1. The predicted molar refractivity (Wildman–Crippen MR) is 82.7 cm³/mol. The van der Waals surface area contributed by atoms with Gasteiger partial charge in [0.1, 0.15) is 5.75 Å². The van der Waals surface area contributed by atoms with Gasteiger partial charge < -0.3 is 16.2 Å². The predicted octanol–water partition coefficient (Wildman–Crippen LogP) is 2.71. The summed E-state index contributed by atoms with van der Waals surface area (Å²) < 4.78 is 0.730. The van der Waals surface area contributed by atoms with E-state index in [2.05, 4.69) is 21.2 Å². The number of anilines is 1. The Morgan fingerprint density at radius 3 is 2.55 bits per heavy atom. The second-order valence-electron chi connectivity index (χ2n) is 4.41. The Morgan fingerprint density at radius 2 is 1.90 bits per heavy atom. The minimum atomic E-state index is -0.287. The van der Waals surface area contributed by atoms with Gasteiger partial charge in [-0.2, -0.15) is 0 Å². The lowest BCUT2D eigenvalue weighted by Crippen LogP contribution is -2.25. The molecule has 0 heterocycles. The lowest BCUT2D eigenvalue weighted by molar-refractivity contribution is 0.0951. The van der Waals surface area contributed by atoms with Gasteiger partial charge in [-0.25, -0.2) is 0 Å². The van der Waals surface area contributed by atoms with Crippen LogP contribution in [0.25, 0.3) is 0 Å². The van der Waals surface area contributed by atoms with Crippen LogP contribution in [0.3, 0.4) is 0 Å². The zero-order valence-electron chi connectivity index (χ0n) is 10.8. The molecule has 0 radical (unpaired) electrons. The SMILES string of the molecule is Nc1ccc(CCNC(=O)c2ccc(Br)cc2O)cc1. The Balaban J connectivity index is 1.90. The van der Waals surface area contributed by atoms with Gasteiger partial charge in [0.05, 0.1) is 5.56 Å². The first-order chi connectivity index (χ1) is 9.56. The molecule has 4 N–H and O–H groups in total. The highest BCUT2D eigenvalue weighted by Crippen LogP contribution is 2.22. The van der Waals surface area contributed by atoms with E-state index in [-0.39, 0.29) is 17.2 Å².